The Kier molecular flexibility index (Phi) is 6.59. The van der Waals surface area contributed by atoms with Crippen LogP contribution in [0.25, 0.3) is 0 Å². The summed E-state index contributed by atoms with van der Waals surface area (Å²) < 4.78 is 0. The van der Waals surface area contributed by atoms with E-state index in [9.17, 15) is 9.59 Å². The summed E-state index contributed by atoms with van der Waals surface area (Å²) in [5, 5.41) is 0. The van der Waals surface area contributed by atoms with Gasteiger partial charge in [0.1, 0.15) is 0 Å². The van der Waals surface area contributed by atoms with Crippen LogP contribution in [0.2, 0.25) is 0 Å². The molecule has 1 atom stereocenters. The number of nitrogens with two attached hydrogens (primary N) is 3. The minimum atomic E-state index is -0.511. The van der Waals surface area contributed by atoms with Gasteiger partial charge in [-0.2, -0.15) is 0 Å². The molecule has 7 heteroatoms. The molecule has 1 unspecified atom stereocenters. The van der Waals surface area contributed by atoms with E-state index in [4.69, 9.17) is 29.4 Å². The molecule has 0 heterocycles. The largest absolute Gasteiger partial charge is 0.393 e. The highest BCUT2D eigenvalue weighted by Crippen LogP contribution is 2.08. The predicted octanol–water partition coefficient (Wildman–Crippen LogP) is -1.29. The van der Waals surface area contributed by atoms with Gasteiger partial charge in [-0.05, 0) is 6.42 Å². The van der Waals surface area contributed by atoms with E-state index in [1.807, 2.05) is 6.92 Å². The van der Waals surface area contributed by atoms with Crippen LogP contribution < -0.4 is 17.2 Å². The quantitative estimate of drug-likeness (QED) is 0.461. The summed E-state index contributed by atoms with van der Waals surface area (Å²) in [6.07, 6.45) is 1.14. The number of carbonyl (C=O) groups excluding carboxylic acids is 2. The first-order chi connectivity index (χ1) is 7.36. The third kappa shape index (κ3) is 6.31. The summed E-state index contributed by atoms with van der Waals surface area (Å²) in [4.78, 5) is 23.7. The molecule has 0 spiro atoms. The second kappa shape index (κ2) is 7.13. The smallest absolute Gasteiger partial charge is 0.231 e. The van der Waals surface area contributed by atoms with Crippen LogP contribution in [0.1, 0.15) is 19.8 Å². The molecule has 6 nitrogen and oxygen atoms in total. The first kappa shape index (κ1) is 14.8. The molecule has 2 amide bonds. The van der Waals surface area contributed by atoms with Gasteiger partial charge >= 0.3 is 0 Å². The summed E-state index contributed by atoms with van der Waals surface area (Å²) in [5.41, 5.74) is 15.6. The lowest BCUT2D eigenvalue weighted by atomic mass is 10.1. The topological polar surface area (TPSA) is 115 Å². The molecule has 92 valence electrons. The van der Waals surface area contributed by atoms with Crippen molar-refractivity contribution in [1.29, 1.82) is 0 Å². The lowest BCUT2D eigenvalue weighted by Gasteiger charge is -2.28. The number of rotatable bonds is 8. The minimum Gasteiger partial charge on any atom is -0.393 e. The molecular formula is C9H18N4O2S. The summed E-state index contributed by atoms with van der Waals surface area (Å²) in [6.45, 7) is 1.87. The van der Waals surface area contributed by atoms with Gasteiger partial charge < -0.3 is 17.2 Å². The zero-order chi connectivity index (χ0) is 12.7. The standard InChI is InChI=1S/C9H18N4O2S/c1-2-6(3-9(12)16)13(4-7(10)14)5-8(11)15/h6H,2-5H2,1H3,(H2,10,14)(H2,11,15)(H2,12,16). The van der Waals surface area contributed by atoms with Gasteiger partial charge in [-0.15, -0.1) is 0 Å². The Morgan fingerprint density at radius 2 is 1.62 bits per heavy atom. The van der Waals surface area contributed by atoms with Crippen LogP contribution in [0.5, 0.6) is 0 Å². The van der Waals surface area contributed by atoms with Crippen molar-refractivity contribution in [3.05, 3.63) is 0 Å². The highest BCUT2D eigenvalue weighted by atomic mass is 32.1. The molecular weight excluding hydrogens is 228 g/mol. The van der Waals surface area contributed by atoms with Gasteiger partial charge in [0.05, 0.1) is 18.1 Å². The maximum atomic E-state index is 10.9. The van der Waals surface area contributed by atoms with E-state index in [1.54, 1.807) is 4.90 Å². The van der Waals surface area contributed by atoms with Crippen LogP contribution in [0.15, 0.2) is 0 Å². The molecule has 0 aliphatic carbocycles. The van der Waals surface area contributed by atoms with Crippen LogP contribution >= 0.6 is 12.2 Å². The van der Waals surface area contributed by atoms with Gasteiger partial charge in [-0.25, -0.2) is 0 Å². The van der Waals surface area contributed by atoms with Crippen molar-refractivity contribution < 1.29 is 9.59 Å². The fraction of sp³-hybridized carbons (Fsp3) is 0.667. The molecule has 0 fully saturated rings. The van der Waals surface area contributed by atoms with Crippen molar-refractivity contribution in [1.82, 2.24) is 4.90 Å². The Balaban J connectivity index is 4.60. The highest BCUT2D eigenvalue weighted by molar-refractivity contribution is 7.80. The summed E-state index contributed by atoms with van der Waals surface area (Å²) in [5.74, 6) is -1.02. The van der Waals surface area contributed by atoms with Crippen LogP contribution in [-0.4, -0.2) is 40.8 Å². The van der Waals surface area contributed by atoms with Crippen molar-refractivity contribution in [3.8, 4) is 0 Å². The molecule has 0 saturated carbocycles. The summed E-state index contributed by atoms with van der Waals surface area (Å²) in [6, 6.07) is -0.0856. The van der Waals surface area contributed by atoms with E-state index in [1.165, 1.54) is 0 Å². The fourth-order valence-electron chi connectivity index (χ4n) is 1.48. The number of thiocarbonyl (C=S) groups is 1. The first-order valence-corrected chi connectivity index (χ1v) is 5.36. The van der Waals surface area contributed by atoms with Gasteiger partial charge in [0.2, 0.25) is 11.8 Å². The van der Waals surface area contributed by atoms with Crippen molar-refractivity contribution in [2.75, 3.05) is 13.1 Å². The van der Waals surface area contributed by atoms with Gasteiger partial charge in [-0.3, -0.25) is 14.5 Å². The van der Waals surface area contributed by atoms with Gasteiger partial charge in [-0.1, -0.05) is 19.1 Å². The Morgan fingerprint density at radius 1 is 1.19 bits per heavy atom. The summed E-state index contributed by atoms with van der Waals surface area (Å²) >= 11 is 4.80. The van der Waals surface area contributed by atoms with Crippen LogP contribution in [0.3, 0.4) is 0 Å². The lowest BCUT2D eigenvalue weighted by molar-refractivity contribution is -0.122. The SMILES string of the molecule is CCC(CC(N)=S)N(CC(N)=O)CC(N)=O. The predicted molar refractivity (Wildman–Crippen MR) is 65.4 cm³/mol. The van der Waals surface area contributed by atoms with Crippen LogP contribution in [0, 0.1) is 0 Å². The Morgan fingerprint density at radius 3 is 1.88 bits per heavy atom. The van der Waals surface area contributed by atoms with Crippen molar-refractivity contribution in [2.24, 2.45) is 17.2 Å². The maximum absolute atomic E-state index is 10.9. The summed E-state index contributed by atoms with van der Waals surface area (Å²) in [7, 11) is 0. The molecule has 0 aliphatic rings. The van der Waals surface area contributed by atoms with E-state index < -0.39 is 11.8 Å². The fourth-order valence-corrected chi connectivity index (χ4v) is 1.67. The van der Waals surface area contributed by atoms with Crippen molar-refractivity contribution in [3.63, 3.8) is 0 Å². The molecule has 0 aromatic heterocycles. The number of carbonyl (C=O) groups is 2. The molecule has 0 saturated heterocycles. The van der Waals surface area contributed by atoms with Crippen molar-refractivity contribution >= 4 is 29.0 Å². The zero-order valence-electron chi connectivity index (χ0n) is 9.31. The van der Waals surface area contributed by atoms with Gasteiger partial charge in [0, 0.05) is 12.5 Å². The number of primary amides is 2. The number of hydrogen-bond acceptors (Lipinski definition) is 4. The normalized spacial score (nSPS) is 12.4. The average Bonchev–Trinajstić information content (AvgIpc) is 2.11. The van der Waals surface area contributed by atoms with Crippen LogP contribution in [0.4, 0.5) is 0 Å². The first-order valence-electron chi connectivity index (χ1n) is 4.95. The molecule has 0 aromatic rings. The van der Waals surface area contributed by atoms with Crippen LogP contribution in [-0.2, 0) is 9.59 Å². The van der Waals surface area contributed by atoms with Gasteiger partial charge in [0.15, 0.2) is 0 Å². The third-order valence-electron chi connectivity index (χ3n) is 2.14. The molecule has 0 radical (unpaired) electrons. The zero-order valence-corrected chi connectivity index (χ0v) is 10.1. The lowest BCUT2D eigenvalue weighted by Crippen LogP contribution is -2.46. The van der Waals surface area contributed by atoms with E-state index in [0.717, 1.165) is 0 Å². The van der Waals surface area contributed by atoms with E-state index in [-0.39, 0.29) is 19.1 Å². The van der Waals surface area contributed by atoms with E-state index in [2.05, 4.69) is 0 Å². The second-order valence-corrected chi connectivity index (χ2v) is 4.09. The number of amides is 2. The minimum absolute atomic E-state index is 0.0238. The molecule has 0 aliphatic heterocycles. The number of nitrogens with zero attached hydrogens (tertiary/aromatic N) is 1. The Bertz CT molecular complexity index is 267. The highest BCUT2D eigenvalue weighted by Gasteiger charge is 2.20. The third-order valence-corrected chi connectivity index (χ3v) is 2.31. The Hall–Kier alpha value is -1.21. The maximum Gasteiger partial charge on any atom is 0.231 e. The molecule has 0 aromatic carbocycles. The molecule has 6 N–H and O–H groups in total. The monoisotopic (exact) mass is 246 g/mol. The number of hydrogen-bond donors (Lipinski definition) is 3. The van der Waals surface area contributed by atoms with E-state index >= 15 is 0 Å². The van der Waals surface area contributed by atoms with Gasteiger partial charge in [0.25, 0.3) is 0 Å². The van der Waals surface area contributed by atoms with Crippen molar-refractivity contribution in [2.45, 2.75) is 25.8 Å². The Labute approximate surface area is 100 Å². The van der Waals surface area contributed by atoms with E-state index in [0.29, 0.717) is 17.8 Å². The second-order valence-electron chi connectivity index (χ2n) is 3.57. The molecule has 0 bridgehead atoms. The molecule has 0 rings (SSSR count). The molecule has 16 heavy (non-hydrogen) atoms. The average molecular weight is 246 g/mol.